The van der Waals surface area contributed by atoms with Crippen molar-refractivity contribution in [2.45, 2.75) is 71.0 Å². The molecule has 2 bridgehead atoms. The molecule has 5 heteroatoms. The Balaban J connectivity index is 1.45. The number of rotatable bonds is 4. The van der Waals surface area contributed by atoms with Crippen LogP contribution in [0.4, 0.5) is 4.39 Å². The number of piperidine rings is 1. The third-order valence-corrected chi connectivity index (χ3v) is 6.30. The molecule has 0 aliphatic carbocycles. The molecule has 0 saturated carbocycles. The molecule has 2 fully saturated rings. The Kier molecular flexibility index (Phi) is 4.79. The van der Waals surface area contributed by atoms with Crippen molar-refractivity contribution in [2.75, 3.05) is 0 Å². The quantitative estimate of drug-likeness (QED) is 0.810. The van der Waals surface area contributed by atoms with Gasteiger partial charge < -0.3 is 4.90 Å². The molecular formula is C22H28FN3O. The van der Waals surface area contributed by atoms with Crippen LogP contribution in [0.5, 0.6) is 0 Å². The minimum Gasteiger partial charge on any atom is -0.336 e. The molecule has 3 atom stereocenters. The Labute approximate surface area is 160 Å². The molecule has 3 heterocycles. The van der Waals surface area contributed by atoms with Gasteiger partial charge in [-0.3, -0.25) is 9.48 Å². The predicted octanol–water partition coefficient (Wildman–Crippen LogP) is 4.21. The van der Waals surface area contributed by atoms with Gasteiger partial charge in [-0.2, -0.15) is 5.10 Å². The largest absolute Gasteiger partial charge is 0.336 e. The summed E-state index contributed by atoms with van der Waals surface area (Å²) in [5.74, 6) is 0.423. The highest BCUT2D eigenvalue weighted by molar-refractivity contribution is 5.79. The summed E-state index contributed by atoms with van der Waals surface area (Å²) in [4.78, 5) is 15.4. The van der Waals surface area contributed by atoms with Crippen molar-refractivity contribution in [2.24, 2.45) is 5.92 Å². The summed E-state index contributed by atoms with van der Waals surface area (Å²) in [7, 11) is 0. The SMILES string of the molecule is Cc1cc(C)n(C[C@@H](C)C(=O)N2[C@@H]3CC[C@@H]2CC(c2ccc(F)cc2)C3)n1. The summed E-state index contributed by atoms with van der Waals surface area (Å²) in [6, 6.07) is 9.58. The van der Waals surface area contributed by atoms with Gasteiger partial charge in [-0.1, -0.05) is 19.1 Å². The average molecular weight is 369 g/mol. The minimum atomic E-state index is -0.188. The average Bonchev–Trinajstić information content (AvgIpc) is 3.09. The van der Waals surface area contributed by atoms with Gasteiger partial charge in [0, 0.05) is 17.8 Å². The van der Waals surface area contributed by atoms with E-state index >= 15 is 0 Å². The van der Waals surface area contributed by atoms with E-state index in [0.29, 0.717) is 24.5 Å². The molecule has 2 aliphatic heterocycles. The Morgan fingerprint density at radius 3 is 2.37 bits per heavy atom. The van der Waals surface area contributed by atoms with E-state index < -0.39 is 0 Å². The van der Waals surface area contributed by atoms with Crippen LogP contribution < -0.4 is 0 Å². The van der Waals surface area contributed by atoms with Gasteiger partial charge in [0.25, 0.3) is 0 Å². The van der Waals surface area contributed by atoms with Crippen LogP contribution in [0.15, 0.2) is 30.3 Å². The highest BCUT2D eigenvalue weighted by atomic mass is 19.1. The zero-order chi connectivity index (χ0) is 19.1. The van der Waals surface area contributed by atoms with Crippen LogP contribution in [0, 0.1) is 25.6 Å². The number of hydrogen-bond donors (Lipinski definition) is 0. The monoisotopic (exact) mass is 369 g/mol. The number of carbonyl (C=O) groups excluding carboxylic acids is 1. The molecule has 0 spiro atoms. The number of aryl methyl sites for hydroxylation is 2. The van der Waals surface area contributed by atoms with Crippen molar-refractivity contribution < 1.29 is 9.18 Å². The third kappa shape index (κ3) is 3.52. The second-order valence-electron chi connectivity index (χ2n) is 8.36. The molecule has 1 aromatic heterocycles. The Morgan fingerprint density at radius 2 is 1.81 bits per heavy atom. The van der Waals surface area contributed by atoms with Gasteiger partial charge in [0.15, 0.2) is 0 Å². The van der Waals surface area contributed by atoms with E-state index in [4.69, 9.17) is 0 Å². The summed E-state index contributed by atoms with van der Waals surface area (Å²) >= 11 is 0. The van der Waals surface area contributed by atoms with Gasteiger partial charge in [-0.05, 0) is 69.2 Å². The lowest BCUT2D eigenvalue weighted by Gasteiger charge is -2.40. The first kappa shape index (κ1) is 18.2. The maximum absolute atomic E-state index is 13.2. The van der Waals surface area contributed by atoms with Crippen molar-refractivity contribution in [3.8, 4) is 0 Å². The minimum absolute atomic E-state index is 0.0755. The predicted molar refractivity (Wildman–Crippen MR) is 103 cm³/mol. The summed E-state index contributed by atoms with van der Waals surface area (Å²) in [6.07, 6.45) is 4.14. The highest BCUT2D eigenvalue weighted by Crippen LogP contribution is 2.43. The number of carbonyl (C=O) groups is 1. The van der Waals surface area contributed by atoms with Crippen LogP contribution in [-0.2, 0) is 11.3 Å². The molecule has 27 heavy (non-hydrogen) atoms. The maximum Gasteiger partial charge on any atom is 0.227 e. The normalized spacial score (nSPS) is 25.6. The van der Waals surface area contributed by atoms with Crippen molar-refractivity contribution in [1.29, 1.82) is 0 Å². The molecule has 4 nitrogen and oxygen atoms in total. The maximum atomic E-state index is 13.2. The Morgan fingerprint density at radius 1 is 1.19 bits per heavy atom. The number of fused-ring (bicyclic) bond motifs is 2. The molecule has 2 aliphatic rings. The van der Waals surface area contributed by atoms with Crippen LogP contribution in [0.3, 0.4) is 0 Å². The molecule has 1 aromatic carbocycles. The molecule has 1 amide bonds. The fourth-order valence-corrected chi connectivity index (χ4v) is 5.00. The topological polar surface area (TPSA) is 38.1 Å². The highest BCUT2D eigenvalue weighted by Gasteiger charge is 2.44. The van der Waals surface area contributed by atoms with Crippen molar-refractivity contribution in [3.05, 3.63) is 53.1 Å². The van der Waals surface area contributed by atoms with Gasteiger partial charge >= 0.3 is 0 Å². The van der Waals surface area contributed by atoms with Crippen molar-refractivity contribution >= 4 is 5.91 Å². The zero-order valence-electron chi connectivity index (χ0n) is 16.4. The van der Waals surface area contributed by atoms with E-state index in [1.54, 1.807) is 12.1 Å². The summed E-state index contributed by atoms with van der Waals surface area (Å²) in [5.41, 5.74) is 3.30. The van der Waals surface area contributed by atoms with Crippen molar-refractivity contribution in [1.82, 2.24) is 14.7 Å². The fraction of sp³-hybridized carbons (Fsp3) is 0.545. The summed E-state index contributed by atoms with van der Waals surface area (Å²) in [6.45, 7) is 6.67. The third-order valence-electron chi connectivity index (χ3n) is 6.30. The summed E-state index contributed by atoms with van der Waals surface area (Å²) in [5, 5.41) is 4.51. The zero-order valence-corrected chi connectivity index (χ0v) is 16.4. The molecule has 144 valence electrons. The number of benzene rings is 1. The first-order chi connectivity index (χ1) is 12.9. The van der Waals surface area contributed by atoms with Crippen LogP contribution in [0.1, 0.15) is 55.5 Å². The van der Waals surface area contributed by atoms with E-state index in [1.165, 1.54) is 5.56 Å². The first-order valence-electron chi connectivity index (χ1n) is 10.0. The van der Waals surface area contributed by atoms with Crippen LogP contribution in [0.25, 0.3) is 0 Å². The standard InChI is InChI=1S/C22H28FN3O/c1-14(13-25-16(3)10-15(2)24-25)22(27)26-20-8-9-21(26)12-18(11-20)17-4-6-19(23)7-5-17/h4-7,10,14,18,20-21H,8-9,11-13H2,1-3H3/t14-,20-,21-/m1/s1. The summed E-state index contributed by atoms with van der Waals surface area (Å²) < 4.78 is 15.2. The van der Waals surface area contributed by atoms with Gasteiger partial charge in [0.05, 0.1) is 18.2 Å². The fourth-order valence-electron chi connectivity index (χ4n) is 5.00. The number of nitrogens with zero attached hydrogens (tertiary/aromatic N) is 3. The number of hydrogen-bond acceptors (Lipinski definition) is 2. The Bertz CT molecular complexity index is 815. The number of halogens is 1. The molecule has 4 rings (SSSR count). The van der Waals surface area contributed by atoms with Crippen LogP contribution in [-0.4, -0.2) is 32.7 Å². The van der Waals surface area contributed by atoms with Gasteiger partial charge in [-0.25, -0.2) is 4.39 Å². The molecule has 0 radical (unpaired) electrons. The molecule has 2 saturated heterocycles. The molecule has 2 aromatic rings. The van der Waals surface area contributed by atoms with Crippen LogP contribution in [0.2, 0.25) is 0 Å². The van der Waals surface area contributed by atoms with E-state index in [1.807, 2.05) is 37.6 Å². The molecule has 0 unspecified atom stereocenters. The smallest absolute Gasteiger partial charge is 0.227 e. The van der Waals surface area contributed by atoms with Crippen molar-refractivity contribution in [3.63, 3.8) is 0 Å². The van der Waals surface area contributed by atoms with Gasteiger partial charge in [-0.15, -0.1) is 0 Å². The second-order valence-corrected chi connectivity index (χ2v) is 8.36. The number of amides is 1. The molecule has 0 N–H and O–H groups in total. The van der Waals surface area contributed by atoms with E-state index in [9.17, 15) is 9.18 Å². The lowest BCUT2D eigenvalue weighted by atomic mass is 9.84. The van der Waals surface area contributed by atoms with Gasteiger partial charge in [0.2, 0.25) is 5.91 Å². The second kappa shape index (κ2) is 7.10. The van der Waals surface area contributed by atoms with Gasteiger partial charge in [0.1, 0.15) is 5.82 Å². The van der Waals surface area contributed by atoms with Crippen LogP contribution >= 0.6 is 0 Å². The molecular weight excluding hydrogens is 341 g/mol. The Hall–Kier alpha value is -2.17. The lowest BCUT2D eigenvalue weighted by Crippen LogP contribution is -2.48. The number of aromatic nitrogens is 2. The van der Waals surface area contributed by atoms with E-state index in [-0.39, 0.29) is 17.6 Å². The lowest BCUT2D eigenvalue weighted by molar-refractivity contribution is -0.140. The van der Waals surface area contributed by atoms with E-state index in [2.05, 4.69) is 16.1 Å². The first-order valence-corrected chi connectivity index (χ1v) is 10.0. The van der Waals surface area contributed by atoms with E-state index in [0.717, 1.165) is 37.1 Å².